The molecule has 1 atom stereocenters. The number of methoxy groups -OCH3 is 2. The van der Waals surface area contributed by atoms with Gasteiger partial charge in [0.2, 0.25) is 17.6 Å². The van der Waals surface area contributed by atoms with Crippen molar-refractivity contribution in [2.45, 2.75) is 38.3 Å². The lowest BCUT2D eigenvalue weighted by Gasteiger charge is -2.33. The van der Waals surface area contributed by atoms with E-state index < -0.39 is 11.0 Å². The lowest BCUT2D eigenvalue weighted by molar-refractivity contribution is -0.384. The van der Waals surface area contributed by atoms with Gasteiger partial charge in [0, 0.05) is 50.3 Å². The Morgan fingerprint density at radius 2 is 1.97 bits per heavy atom. The smallest absolute Gasteiger partial charge is 0.311 e. The Labute approximate surface area is 197 Å². The Kier molecular flexibility index (Phi) is 8.23. The number of nitrogens with zero attached hydrogens (tertiary/aromatic N) is 3. The number of benzene rings is 1. The molecular weight excluding hydrogens is 442 g/mol. The Hall–Kier alpha value is -3.89. The topological polar surface area (TPSA) is 136 Å². The van der Waals surface area contributed by atoms with Crippen LogP contribution in [0.15, 0.2) is 36.5 Å². The van der Waals surface area contributed by atoms with E-state index >= 15 is 0 Å². The number of ether oxygens (including phenoxy) is 2. The third kappa shape index (κ3) is 6.12. The van der Waals surface area contributed by atoms with Crippen molar-refractivity contribution in [2.24, 2.45) is 0 Å². The van der Waals surface area contributed by atoms with Crippen molar-refractivity contribution in [3.8, 4) is 11.5 Å². The number of piperidine rings is 1. The molecule has 1 aliphatic rings. The van der Waals surface area contributed by atoms with E-state index in [2.05, 4.69) is 15.6 Å². The summed E-state index contributed by atoms with van der Waals surface area (Å²) in [6.45, 7) is 2.38. The van der Waals surface area contributed by atoms with Gasteiger partial charge in [-0.1, -0.05) is 0 Å². The molecule has 0 bridgehead atoms. The van der Waals surface area contributed by atoms with Gasteiger partial charge in [-0.25, -0.2) is 4.98 Å². The van der Waals surface area contributed by atoms with Crippen LogP contribution in [0.4, 0.5) is 11.5 Å². The number of hydrogen-bond donors (Lipinski definition) is 2. The average molecular weight is 472 g/mol. The van der Waals surface area contributed by atoms with Gasteiger partial charge in [-0.2, -0.15) is 0 Å². The molecule has 2 aromatic rings. The summed E-state index contributed by atoms with van der Waals surface area (Å²) in [5, 5.41) is 17.0. The Balaban J connectivity index is 1.66. The quantitative estimate of drug-likeness (QED) is 0.418. The second kappa shape index (κ2) is 11.3. The predicted molar refractivity (Wildman–Crippen MR) is 125 cm³/mol. The second-order valence-corrected chi connectivity index (χ2v) is 8.01. The monoisotopic (exact) mass is 471 g/mol. The van der Waals surface area contributed by atoms with Crippen LogP contribution in [-0.2, 0) is 16.0 Å². The van der Waals surface area contributed by atoms with Crippen molar-refractivity contribution >= 4 is 23.3 Å². The van der Waals surface area contributed by atoms with E-state index in [1.165, 1.54) is 25.3 Å². The van der Waals surface area contributed by atoms with Crippen molar-refractivity contribution < 1.29 is 24.0 Å². The molecule has 1 aliphatic heterocycles. The molecule has 1 aromatic carbocycles. The number of carbonyl (C=O) groups excluding carboxylic acids is 2. The summed E-state index contributed by atoms with van der Waals surface area (Å²) < 4.78 is 10.7. The zero-order valence-electron chi connectivity index (χ0n) is 19.4. The van der Waals surface area contributed by atoms with Crippen molar-refractivity contribution in [2.75, 3.05) is 32.2 Å². The molecule has 1 fully saturated rings. The van der Waals surface area contributed by atoms with Gasteiger partial charge in [0.25, 0.3) is 0 Å². The van der Waals surface area contributed by atoms with Gasteiger partial charge in [0.15, 0.2) is 0 Å². The first-order valence-corrected chi connectivity index (χ1v) is 10.9. The molecular formula is C23H29N5O6. The van der Waals surface area contributed by atoms with Crippen LogP contribution in [0.5, 0.6) is 11.5 Å². The molecule has 1 saturated heterocycles. The molecule has 0 aliphatic carbocycles. The van der Waals surface area contributed by atoms with Gasteiger partial charge in [0.05, 0.1) is 19.1 Å². The number of rotatable bonds is 9. The van der Waals surface area contributed by atoms with E-state index in [4.69, 9.17) is 9.47 Å². The molecule has 0 unspecified atom stereocenters. The Morgan fingerprint density at radius 3 is 2.59 bits per heavy atom. The molecule has 11 nitrogen and oxygen atoms in total. The molecule has 11 heteroatoms. The fourth-order valence-electron chi connectivity index (χ4n) is 4.03. The number of anilines is 1. The molecule has 1 aromatic heterocycles. The van der Waals surface area contributed by atoms with Gasteiger partial charge in [0.1, 0.15) is 17.5 Å². The molecule has 0 saturated carbocycles. The standard InChI is InChI=1S/C23H29N5O6/c1-15(29)25-19(14-16-13-18(33-2)6-7-21(16)34-3)23(30)26-17-8-11-27(12-9-17)22-20(28(31)32)5-4-10-24-22/h4-7,10,13,17,19H,8-9,11-12,14H2,1-3H3,(H,25,29)(H,26,30)/t19-/m1/s1. The largest absolute Gasteiger partial charge is 0.497 e. The highest BCUT2D eigenvalue weighted by atomic mass is 16.6. The minimum atomic E-state index is -0.798. The van der Waals surface area contributed by atoms with E-state index in [-0.39, 0.29) is 30.0 Å². The summed E-state index contributed by atoms with van der Waals surface area (Å²) in [5.41, 5.74) is 0.691. The summed E-state index contributed by atoms with van der Waals surface area (Å²) in [4.78, 5) is 41.8. The summed E-state index contributed by atoms with van der Waals surface area (Å²) in [6, 6.07) is 7.33. The molecule has 34 heavy (non-hydrogen) atoms. The maximum atomic E-state index is 13.1. The molecule has 2 amide bonds. The highest BCUT2D eigenvalue weighted by molar-refractivity contribution is 5.87. The van der Waals surface area contributed by atoms with Crippen LogP contribution in [0, 0.1) is 10.1 Å². The van der Waals surface area contributed by atoms with Gasteiger partial charge in [-0.3, -0.25) is 19.7 Å². The number of carbonyl (C=O) groups is 2. The lowest BCUT2D eigenvalue weighted by atomic mass is 10.0. The predicted octanol–water partition coefficient (Wildman–Crippen LogP) is 1.84. The molecule has 3 rings (SSSR count). The van der Waals surface area contributed by atoms with Gasteiger partial charge in [-0.05, 0) is 37.1 Å². The number of pyridine rings is 1. The summed E-state index contributed by atoms with van der Waals surface area (Å²) in [5.74, 6) is 0.920. The second-order valence-electron chi connectivity index (χ2n) is 8.01. The number of amides is 2. The van der Waals surface area contributed by atoms with Crippen LogP contribution in [0.1, 0.15) is 25.3 Å². The van der Waals surface area contributed by atoms with Crippen LogP contribution >= 0.6 is 0 Å². The van der Waals surface area contributed by atoms with E-state index in [0.29, 0.717) is 43.2 Å². The average Bonchev–Trinajstić information content (AvgIpc) is 2.83. The Morgan fingerprint density at radius 1 is 1.24 bits per heavy atom. The summed E-state index contributed by atoms with van der Waals surface area (Å²) in [7, 11) is 3.09. The highest BCUT2D eigenvalue weighted by Crippen LogP contribution is 2.28. The first kappa shape index (κ1) is 24.7. The fourth-order valence-corrected chi connectivity index (χ4v) is 4.03. The van der Waals surface area contributed by atoms with Crippen molar-refractivity contribution in [3.05, 3.63) is 52.2 Å². The fraction of sp³-hybridized carbons (Fsp3) is 0.435. The zero-order chi connectivity index (χ0) is 24.7. The normalized spacial score (nSPS) is 14.7. The molecule has 2 heterocycles. The van der Waals surface area contributed by atoms with Gasteiger partial charge in [-0.15, -0.1) is 0 Å². The maximum Gasteiger partial charge on any atom is 0.311 e. The number of aromatic nitrogens is 1. The van der Waals surface area contributed by atoms with E-state index in [1.807, 2.05) is 4.90 Å². The minimum absolute atomic E-state index is 0.0389. The van der Waals surface area contributed by atoms with E-state index in [0.717, 1.165) is 5.56 Å². The lowest BCUT2D eigenvalue weighted by Crippen LogP contribution is -2.52. The SMILES string of the molecule is COc1ccc(OC)c(C[C@@H](NC(C)=O)C(=O)NC2CCN(c3ncccc3[N+](=O)[O-])CC2)c1. The Bertz CT molecular complexity index is 1040. The van der Waals surface area contributed by atoms with E-state index in [1.54, 1.807) is 32.4 Å². The minimum Gasteiger partial charge on any atom is -0.497 e. The third-order valence-corrected chi connectivity index (χ3v) is 5.71. The van der Waals surface area contributed by atoms with Crippen LogP contribution in [-0.4, -0.2) is 61.1 Å². The maximum absolute atomic E-state index is 13.1. The first-order valence-electron chi connectivity index (χ1n) is 10.9. The summed E-state index contributed by atoms with van der Waals surface area (Å²) in [6.07, 6.45) is 2.94. The van der Waals surface area contributed by atoms with Crippen molar-refractivity contribution in [1.29, 1.82) is 0 Å². The van der Waals surface area contributed by atoms with Gasteiger partial charge < -0.3 is 25.0 Å². The number of nitro groups is 1. The summed E-state index contributed by atoms with van der Waals surface area (Å²) >= 11 is 0. The van der Waals surface area contributed by atoms with Gasteiger partial charge >= 0.3 is 5.69 Å². The zero-order valence-corrected chi connectivity index (χ0v) is 19.4. The van der Waals surface area contributed by atoms with Crippen molar-refractivity contribution in [1.82, 2.24) is 15.6 Å². The first-order chi connectivity index (χ1) is 16.3. The van der Waals surface area contributed by atoms with Crippen LogP contribution < -0.4 is 25.0 Å². The third-order valence-electron chi connectivity index (χ3n) is 5.71. The molecule has 2 N–H and O–H groups in total. The number of hydrogen-bond acceptors (Lipinski definition) is 8. The van der Waals surface area contributed by atoms with Crippen LogP contribution in [0.2, 0.25) is 0 Å². The number of nitrogens with one attached hydrogen (secondary N) is 2. The molecule has 182 valence electrons. The molecule has 0 spiro atoms. The van der Waals surface area contributed by atoms with Crippen molar-refractivity contribution in [3.63, 3.8) is 0 Å². The molecule has 0 radical (unpaired) electrons. The van der Waals surface area contributed by atoms with Crippen LogP contribution in [0.25, 0.3) is 0 Å². The highest BCUT2D eigenvalue weighted by Gasteiger charge is 2.29. The van der Waals surface area contributed by atoms with E-state index in [9.17, 15) is 19.7 Å². The van der Waals surface area contributed by atoms with Crippen LogP contribution in [0.3, 0.4) is 0 Å².